The van der Waals surface area contributed by atoms with Crippen LogP contribution in [0.4, 0.5) is 5.13 Å². The summed E-state index contributed by atoms with van der Waals surface area (Å²) < 4.78 is 29.5. The quantitative estimate of drug-likeness (QED) is 0.236. The third-order valence-electron chi connectivity index (χ3n) is 6.88. The Hall–Kier alpha value is -2.79. The van der Waals surface area contributed by atoms with Crippen LogP contribution in [-0.4, -0.2) is 47.4 Å². The number of sulfonamides is 1. The predicted octanol–water partition coefficient (Wildman–Crippen LogP) is 6.21. The Balaban J connectivity index is 1.48. The van der Waals surface area contributed by atoms with Gasteiger partial charge in [-0.2, -0.15) is 4.31 Å². The van der Waals surface area contributed by atoms with Gasteiger partial charge in [-0.25, -0.2) is 13.4 Å². The average molecular weight is 567 g/mol. The van der Waals surface area contributed by atoms with Gasteiger partial charge in [-0.3, -0.25) is 14.7 Å². The average Bonchev–Trinajstić information content (AvgIpc) is 3.40. The zero-order chi connectivity index (χ0) is 26.7. The van der Waals surface area contributed by atoms with Crippen LogP contribution in [0.1, 0.15) is 48.5 Å². The van der Waals surface area contributed by atoms with Gasteiger partial charge in [0.1, 0.15) is 0 Å². The third-order valence-corrected chi connectivity index (χ3v) is 10.7. The first-order chi connectivity index (χ1) is 18.4. The highest BCUT2D eigenvalue weighted by atomic mass is 32.2. The molecular formula is C28H30N4O3S3. The Bertz CT molecular complexity index is 1520. The Morgan fingerprint density at radius 3 is 2.66 bits per heavy atom. The molecule has 1 aliphatic heterocycles. The van der Waals surface area contributed by atoms with E-state index in [2.05, 4.69) is 4.98 Å². The number of aromatic nitrogens is 2. The van der Waals surface area contributed by atoms with Crippen LogP contribution in [0.5, 0.6) is 0 Å². The molecule has 2 aromatic heterocycles. The van der Waals surface area contributed by atoms with Crippen molar-refractivity contribution in [2.75, 3.05) is 17.7 Å². The lowest BCUT2D eigenvalue weighted by Gasteiger charge is -2.34. The summed E-state index contributed by atoms with van der Waals surface area (Å²) in [6.07, 6.45) is 9.04. The van der Waals surface area contributed by atoms with Crippen LogP contribution in [-0.2, 0) is 16.6 Å². The first-order valence-corrected chi connectivity index (χ1v) is 16.2. The van der Waals surface area contributed by atoms with E-state index in [9.17, 15) is 13.2 Å². The first kappa shape index (κ1) is 26.8. The van der Waals surface area contributed by atoms with Gasteiger partial charge >= 0.3 is 0 Å². The van der Waals surface area contributed by atoms with Gasteiger partial charge in [0.05, 0.1) is 21.7 Å². The molecule has 1 amide bonds. The van der Waals surface area contributed by atoms with Crippen LogP contribution < -0.4 is 4.90 Å². The standard InChI is InChI=1S/C28H30N4O3S3/c1-3-22-9-4-5-17-32(22)38(34,35)23-14-12-21(13-15-23)27(33)31(19-20-8-7-16-29-18-20)28-30-26-24(36-2)10-6-11-25(26)37-28/h6-8,10-16,18,22H,3-5,9,17,19H2,1-2H3. The van der Waals surface area contributed by atoms with Crippen molar-refractivity contribution >= 4 is 54.4 Å². The van der Waals surface area contributed by atoms with E-state index in [1.54, 1.807) is 57.6 Å². The van der Waals surface area contributed by atoms with Crippen molar-refractivity contribution in [2.45, 2.75) is 55.0 Å². The van der Waals surface area contributed by atoms with E-state index in [1.165, 1.54) is 11.3 Å². The Labute approximate surface area is 232 Å². The minimum atomic E-state index is -3.62. The van der Waals surface area contributed by atoms with Crippen molar-refractivity contribution in [3.8, 4) is 0 Å². The van der Waals surface area contributed by atoms with Crippen LogP contribution in [0, 0.1) is 0 Å². The molecule has 38 heavy (non-hydrogen) atoms. The molecule has 0 saturated carbocycles. The number of para-hydroxylation sites is 1. The summed E-state index contributed by atoms with van der Waals surface area (Å²) in [6.45, 7) is 2.87. The van der Waals surface area contributed by atoms with Gasteiger partial charge in [-0.1, -0.05) is 36.8 Å². The molecule has 2 aromatic carbocycles. The van der Waals surface area contributed by atoms with Gasteiger partial charge in [0, 0.05) is 35.4 Å². The number of amides is 1. The van der Waals surface area contributed by atoms with Crippen LogP contribution >= 0.6 is 23.1 Å². The fourth-order valence-corrected chi connectivity index (χ4v) is 8.24. The van der Waals surface area contributed by atoms with Crippen LogP contribution in [0.15, 0.2) is 76.8 Å². The van der Waals surface area contributed by atoms with E-state index in [1.807, 2.05) is 43.5 Å². The second-order valence-electron chi connectivity index (χ2n) is 9.25. The number of fused-ring (bicyclic) bond motifs is 1. The number of carbonyl (C=O) groups is 1. The normalized spacial score (nSPS) is 16.5. The molecule has 0 aliphatic carbocycles. The third kappa shape index (κ3) is 5.36. The van der Waals surface area contributed by atoms with Crippen molar-refractivity contribution in [3.05, 3.63) is 78.1 Å². The molecule has 10 heteroatoms. The SMILES string of the molecule is CCC1CCCCN1S(=O)(=O)c1ccc(C(=O)N(Cc2cccnc2)c2nc3c(SC)cccc3s2)cc1. The smallest absolute Gasteiger partial charge is 0.260 e. The lowest BCUT2D eigenvalue weighted by molar-refractivity contribution is 0.0985. The highest BCUT2D eigenvalue weighted by molar-refractivity contribution is 7.98. The summed E-state index contributed by atoms with van der Waals surface area (Å²) in [4.78, 5) is 25.8. The molecule has 7 nitrogen and oxygen atoms in total. The minimum Gasteiger partial charge on any atom is -0.279 e. The zero-order valence-electron chi connectivity index (χ0n) is 21.4. The van der Waals surface area contributed by atoms with E-state index < -0.39 is 10.0 Å². The summed E-state index contributed by atoms with van der Waals surface area (Å²) >= 11 is 3.08. The number of thioether (sulfide) groups is 1. The van der Waals surface area contributed by atoms with E-state index >= 15 is 0 Å². The van der Waals surface area contributed by atoms with Crippen LogP contribution in [0.2, 0.25) is 0 Å². The molecule has 0 N–H and O–H groups in total. The first-order valence-electron chi connectivity index (χ1n) is 12.7. The number of nitrogens with zero attached hydrogens (tertiary/aromatic N) is 4. The second kappa shape index (κ2) is 11.5. The molecule has 0 bridgehead atoms. The van der Waals surface area contributed by atoms with E-state index in [-0.39, 0.29) is 16.8 Å². The van der Waals surface area contributed by atoms with Gasteiger partial charge in [0.15, 0.2) is 5.13 Å². The summed E-state index contributed by atoms with van der Waals surface area (Å²) in [5.74, 6) is -0.244. The van der Waals surface area contributed by atoms with Gasteiger partial charge in [-0.15, -0.1) is 11.8 Å². The molecule has 1 saturated heterocycles. The molecule has 3 heterocycles. The summed E-state index contributed by atoms with van der Waals surface area (Å²) in [7, 11) is -3.62. The Kier molecular flexibility index (Phi) is 8.13. The van der Waals surface area contributed by atoms with Crippen LogP contribution in [0.25, 0.3) is 10.2 Å². The van der Waals surface area contributed by atoms with Crippen molar-refractivity contribution in [1.82, 2.24) is 14.3 Å². The van der Waals surface area contributed by atoms with Gasteiger partial charge < -0.3 is 0 Å². The zero-order valence-corrected chi connectivity index (χ0v) is 23.9. The van der Waals surface area contributed by atoms with Gasteiger partial charge in [0.2, 0.25) is 10.0 Å². The summed E-state index contributed by atoms with van der Waals surface area (Å²) in [6, 6.07) is 16.1. The molecule has 1 unspecified atom stereocenters. The maximum Gasteiger partial charge on any atom is 0.260 e. The molecule has 1 fully saturated rings. The molecule has 0 spiro atoms. The number of benzene rings is 2. The second-order valence-corrected chi connectivity index (χ2v) is 13.0. The lowest BCUT2D eigenvalue weighted by Crippen LogP contribution is -2.43. The highest BCUT2D eigenvalue weighted by Crippen LogP contribution is 2.35. The van der Waals surface area contributed by atoms with Gasteiger partial charge in [-0.05, 0) is 73.5 Å². The lowest BCUT2D eigenvalue weighted by atomic mass is 10.0. The number of carbonyl (C=O) groups excluding carboxylic acids is 1. The van der Waals surface area contributed by atoms with Crippen molar-refractivity contribution in [1.29, 1.82) is 0 Å². The summed E-state index contributed by atoms with van der Waals surface area (Å²) in [5, 5.41) is 0.589. The molecule has 198 valence electrons. The maximum absolute atomic E-state index is 13.8. The van der Waals surface area contributed by atoms with Crippen molar-refractivity contribution in [3.63, 3.8) is 0 Å². The summed E-state index contributed by atoms with van der Waals surface area (Å²) in [5.41, 5.74) is 2.15. The molecular weight excluding hydrogens is 537 g/mol. The molecule has 1 atom stereocenters. The van der Waals surface area contributed by atoms with Gasteiger partial charge in [0.25, 0.3) is 5.91 Å². The number of hydrogen-bond donors (Lipinski definition) is 0. The van der Waals surface area contributed by atoms with E-state index in [0.717, 1.165) is 46.4 Å². The maximum atomic E-state index is 13.8. The topological polar surface area (TPSA) is 83.5 Å². The molecule has 5 rings (SSSR count). The molecule has 0 radical (unpaired) electrons. The van der Waals surface area contributed by atoms with E-state index in [4.69, 9.17) is 4.98 Å². The van der Waals surface area contributed by atoms with Crippen molar-refractivity contribution < 1.29 is 13.2 Å². The fourth-order valence-electron chi connectivity index (χ4n) is 4.85. The fraction of sp³-hybridized carbons (Fsp3) is 0.321. The Morgan fingerprint density at radius 2 is 1.95 bits per heavy atom. The number of pyridine rings is 1. The molecule has 1 aliphatic rings. The van der Waals surface area contributed by atoms with Crippen LogP contribution in [0.3, 0.4) is 0 Å². The number of thiazole rings is 1. The Morgan fingerprint density at radius 1 is 1.13 bits per heavy atom. The van der Waals surface area contributed by atoms with E-state index in [0.29, 0.717) is 23.8 Å². The number of hydrogen-bond acceptors (Lipinski definition) is 7. The molecule has 4 aromatic rings. The number of piperidine rings is 1. The number of anilines is 1. The van der Waals surface area contributed by atoms with Crippen molar-refractivity contribution in [2.24, 2.45) is 0 Å². The minimum absolute atomic E-state index is 0.0234. The monoisotopic (exact) mass is 566 g/mol. The largest absolute Gasteiger partial charge is 0.279 e. The highest BCUT2D eigenvalue weighted by Gasteiger charge is 2.32. The predicted molar refractivity (Wildman–Crippen MR) is 154 cm³/mol. The number of rotatable bonds is 8.